The van der Waals surface area contributed by atoms with Gasteiger partial charge in [0.2, 0.25) is 0 Å². The second-order valence-electron chi connectivity index (χ2n) is 5.18. The topological polar surface area (TPSA) is 52.7 Å². The lowest BCUT2D eigenvalue weighted by atomic mass is 10.2. The van der Waals surface area contributed by atoms with Crippen LogP contribution in [0.3, 0.4) is 0 Å². The zero-order chi connectivity index (χ0) is 14.8. The largest absolute Gasteiger partial charge is 0.299 e. The summed E-state index contributed by atoms with van der Waals surface area (Å²) in [5.41, 5.74) is 2.64. The Morgan fingerprint density at radius 3 is 2.81 bits per heavy atom. The molecule has 21 heavy (non-hydrogen) atoms. The molecule has 0 unspecified atom stereocenters. The second kappa shape index (κ2) is 5.52. The molecule has 0 bridgehead atoms. The van der Waals surface area contributed by atoms with Crippen LogP contribution in [-0.2, 0) is 6.54 Å². The van der Waals surface area contributed by atoms with E-state index in [0.29, 0.717) is 17.6 Å². The molecule has 2 aromatic heterocycles. The van der Waals surface area contributed by atoms with Crippen LogP contribution >= 0.6 is 0 Å². The normalized spacial score (nSPS) is 11.1. The first kappa shape index (κ1) is 13.5. The van der Waals surface area contributed by atoms with Gasteiger partial charge in [0.25, 0.3) is 5.56 Å². The molecule has 0 saturated heterocycles. The molecular formula is C16H18N4O. The summed E-state index contributed by atoms with van der Waals surface area (Å²) in [6.07, 6.45) is 5.25. The van der Waals surface area contributed by atoms with E-state index in [4.69, 9.17) is 0 Å². The molecule has 3 aromatic rings. The van der Waals surface area contributed by atoms with E-state index in [-0.39, 0.29) is 5.56 Å². The summed E-state index contributed by atoms with van der Waals surface area (Å²) in [5, 5.41) is 4.92. The van der Waals surface area contributed by atoms with E-state index in [1.807, 2.05) is 31.2 Å². The number of rotatable bonds is 4. The maximum absolute atomic E-state index is 12.4. The molecule has 0 fully saturated rings. The highest BCUT2D eigenvalue weighted by Gasteiger charge is 2.12. The Bertz CT molecular complexity index is 832. The lowest BCUT2D eigenvalue weighted by Gasteiger charge is -2.07. The molecule has 0 radical (unpaired) electrons. The number of aromatic nitrogens is 4. The Kier molecular flexibility index (Phi) is 3.56. The molecule has 3 rings (SSSR count). The van der Waals surface area contributed by atoms with Crippen LogP contribution in [0.2, 0.25) is 0 Å². The van der Waals surface area contributed by atoms with Crippen LogP contribution < -0.4 is 5.56 Å². The molecule has 2 heterocycles. The molecule has 0 atom stereocenters. The van der Waals surface area contributed by atoms with E-state index in [9.17, 15) is 4.79 Å². The zero-order valence-electron chi connectivity index (χ0n) is 12.3. The second-order valence-corrected chi connectivity index (χ2v) is 5.18. The smallest absolute Gasteiger partial charge is 0.264 e. The van der Waals surface area contributed by atoms with Gasteiger partial charge in [-0.1, -0.05) is 31.5 Å². The first-order chi connectivity index (χ1) is 10.2. The van der Waals surface area contributed by atoms with Crippen molar-refractivity contribution in [3.8, 4) is 5.69 Å². The third-order valence-electron chi connectivity index (χ3n) is 3.65. The molecule has 0 aliphatic rings. The van der Waals surface area contributed by atoms with Crippen molar-refractivity contribution in [2.75, 3.05) is 0 Å². The van der Waals surface area contributed by atoms with Crippen molar-refractivity contribution < 1.29 is 0 Å². The standard InChI is InChI=1S/C16H18N4O/c1-3-4-9-19-11-17-15-13(16(19)21)10-18-20(15)14-8-6-5-7-12(14)2/h5-8,10-11H,3-4,9H2,1-2H3. The zero-order valence-corrected chi connectivity index (χ0v) is 12.3. The van der Waals surface area contributed by atoms with Gasteiger partial charge in [-0.05, 0) is 25.0 Å². The van der Waals surface area contributed by atoms with Gasteiger partial charge < -0.3 is 0 Å². The molecule has 1 aromatic carbocycles. The number of nitrogens with zero attached hydrogens (tertiary/aromatic N) is 4. The molecular weight excluding hydrogens is 264 g/mol. The predicted molar refractivity (Wildman–Crippen MR) is 82.8 cm³/mol. The van der Waals surface area contributed by atoms with Gasteiger partial charge in [0.15, 0.2) is 5.65 Å². The van der Waals surface area contributed by atoms with Crippen molar-refractivity contribution in [1.82, 2.24) is 19.3 Å². The number of hydrogen-bond acceptors (Lipinski definition) is 3. The molecule has 5 nitrogen and oxygen atoms in total. The van der Waals surface area contributed by atoms with Crippen molar-refractivity contribution in [3.05, 3.63) is 52.7 Å². The summed E-state index contributed by atoms with van der Waals surface area (Å²) in [7, 11) is 0. The van der Waals surface area contributed by atoms with Crippen molar-refractivity contribution in [2.45, 2.75) is 33.2 Å². The average Bonchev–Trinajstić information content (AvgIpc) is 2.92. The lowest BCUT2D eigenvalue weighted by molar-refractivity contribution is 0.608. The maximum Gasteiger partial charge on any atom is 0.264 e. The Morgan fingerprint density at radius 1 is 1.24 bits per heavy atom. The summed E-state index contributed by atoms with van der Waals surface area (Å²) in [6.45, 7) is 4.83. The van der Waals surface area contributed by atoms with E-state index in [0.717, 1.165) is 24.1 Å². The molecule has 0 aliphatic carbocycles. The number of hydrogen-bond donors (Lipinski definition) is 0. The van der Waals surface area contributed by atoms with Gasteiger partial charge in [-0.2, -0.15) is 5.10 Å². The first-order valence-corrected chi connectivity index (χ1v) is 7.21. The summed E-state index contributed by atoms with van der Waals surface area (Å²) in [5.74, 6) is 0. The fourth-order valence-electron chi connectivity index (χ4n) is 2.41. The Hall–Kier alpha value is -2.43. The van der Waals surface area contributed by atoms with Gasteiger partial charge in [-0.25, -0.2) is 9.67 Å². The number of aryl methyl sites for hydroxylation is 2. The van der Waals surface area contributed by atoms with Crippen LogP contribution in [0, 0.1) is 6.92 Å². The van der Waals surface area contributed by atoms with Crippen molar-refractivity contribution in [2.24, 2.45) is 0 Å². The number of benzene rings is 1. The van der Waals surface area contributed by atoms with Crippen LogP contribution in [0.25, 0.3) is 16.7 Å². The molecule has 0 aliphatic heterocycles. The highest BCUT2D eigenvalue weighted by molar-refractivity contribution is 5.75. The Balaban J connectivity index is 2.14. The summed E-state index contributed by atoms with van der Waals surface area (Å²) in [4.78, 5) is 16.9. The quantitative estimate of drug-likeness (QED) is 0.739. The third-order valence-corrected chi connectivity index (χ3v) is 3.65. The van der Waals surface area contributed by atoms with Gasteiger partial charge in [0, 0.05) is 6.54 Å². The summed E-state index contributed by atoms with van der Waals surface area (Å²) < 4.78 is 3.39. The van der Waals surface area contributed by atoms with E-state index in [1.54, 1.807) is 21.8 Å². The molecule has 0 N–H and O–H groups in total. The molecule has 0 saturated carbocycles. The van der Waals surface area contributed by atoms with Crippen molar-refractivity contribution in [1.29, 1.82) is 0 Å². The van der Waals surface area contributed by atoms with E-state index >= 15 is 0 Å². The highest BCUT2D eigenvalue weighted by atomic mass is 16.1. The summed E-state index contributed by atoms with van der Waals surface area (Å²) >= 11 is 0. The van der Waals surface area contributed by atoms with Gasteiger partial charge in [-0.3, -0.25) is 9.36 Å². The summed E-state index contributed by atoms with van der Waals surface area (Å²) in [6, 6.07) is 7.94. The van der Waals surface area contributed by atoms with Gasteiger partial charge in [-0.15, -0.1) is 0 Å². The monoisotopic (exact) mass is 282 g/mol. The van der Waals surface area contributed by atoms with Crippen molar-refractivity contribution in [3.63, 3.8) is 0 Å². The van der Waals surface area contributed by atoms with Crippen LogP contribution in [0.1, 0.15) is 25.3 Å². The first-order valence-electron chi connectivity index (χ1n) is 7.21. The third kappa shape index (κ3) is 2.35. The van der Waals surface area contributed by atoms with E-state index in [2.05, 4.69) is 17.0 Å². The van der Waals surface area contributed by atoms with Crippen LogP contribution in [0.15, 0.2) is 41.6 Å². The van der Waals surface area contributed by atoms with E-state index in [1.165, 1.54) is 0 Å². The minimum Gasteiger partial charge on any atom is -0.299 e. The minimum absolute atomic E-state index is 0.0201. The van der Waals surface area contributed by atoms with Crippen LogP contribution in [0.5, 0.6) is 0 Å². The molecule has 0 spiro atoms. The SMILES string of the molecule is CCCCn1cnc2c(cnn2-c2ccccc2C)c1=O. The highest BCUT2D eigenvalue weighted by Crippen LogP contribution is 2.16. The number of fused-ring (bicyclic) bond motifs is 1. The van der Waals surface area contributed by atoms with Crippen LogP contribution in [-0.4, -0.2) is 19.3 Å². The Labute approximate surface area is 122 Å². The fourth-order valence-corrected chi connectivity index (χ4v) is 2.41. The Morgan fingerprint density at radius 2 is 2.05 bits per heavy atom. The van der Waals surface area contributed by atoms with Crippen LogP contribution in [0.4, 0.5) is 0 Å². The molecule has 0 amide bonds. The van der Waals surface area contributed by atoms with Crippen molar-refractivity contribution >= 4 is 11.0 Å². The van der Waals surface area contributed by atoms with Gasteiger partial charge in [0.1, 0.15) is 5.39 Å². The number of unbranched alkanes of at least 4 members (excludes halogenated alkanes) is 1. The lowest BCUT2D eigenvalue weighted by Crippen LogP contribution is -2.20. The predicted octanol–water partition coefficient (Wildman–Crippen LogP) is 2.69. The fraction of sp³-hybridized carbons (Fsp3) is 0.312. The van der Waals surface area contributed by atoms with Gasteiger partial charge >= 0.3 is 0 Å². The van der Waals surface area contributed by atoms with Gasteiger partial charge in [0.05, 0.1) is 18.2 Å². The number of para-hydroxylation sites is 1. The average molecular weight is 282 g/mol. The molecule has 5 heteroatoms. The van der Waals surface area contributed by atoms with E-state index < -0.39 is 0 Å². The molecule has 108 valence electrons. The maximum atomic E-state index is 12.4. The minimum atomic E-state index is -0.0201.